The van der Waals surface area contributed by atoms with E-state index in [0.29, 0.717) is 35.6 Å². The first-order chi connectivity index (χ1) is 11.1. The molecule has 0 aliphatic carbocycles. The Hall–Kier alpha value is -0.250. The molecular formula is C16H26Cl2IN3O2S. The molecule has 2 N–H and O–H groups in total. The highest BCUT2D eigenvalue weighted by molar-refractivity contribution is 14.0. The number of sulfone groups is 1. The van der Waals surface area contributed by atoms with Gasteiger partial charge in [0.2, 0.25) is 0 Å². The van der Waals surface area contributed by atoms with Gasteiger partial charge in [-0.05, 0) is 45.4 Å². The predicted molar refractivity (Wildman–Crippen MR) is 118 cm³/mol. The summed E-state index contributed by atoms with van der Waals surface area (Å²) < 4.78 is 23.5. The van der Waals surface area contributed by atoms with E-state index in [1.54, 1.807) is 32.9 Å². The molecule has 0 aromatic heterocycles. The second-order valence-electron chi connectivity index (χ2n) is 6.29. The minimum atomic E-state index is -3.17. The normalized spacial score (nSPS) is 12.5. The molecule has 0 aliphatic heterocycles. The SMILES string of the molecule is CCNC(=NCc1ccc(Cl)cc1Cl)NCCS(=O)(=O)C(C)(C)C.I. The summed E-state index contributed by atoms with van der Waals surface area (Å²) in [6.07, 6.45) is 0. The molecule has 1 rings (SSSR count). The van der Waals surface area contributed by atoms with Crippen LogP contribution in [-0.4, -0.2) is 38.0 Å². The molecule has 0 fully saturated rings. The summed E-state index contributed by atoms with van der Waals surface area (Å²) in [6, 6.07) is 5.25. The van der Waals surface area contributed by atoms with Crippen molar-refractivity contribution in [1.82, 2.24) is 10.6 Å². The van der Waals surface area contributed by atoms with Crippen LogP contribution in [0.25, 0.3) is 0 Å². The molecule has 0 bridgehead atoms. The Bertz CT molecular complexity index is 689. The Morgan fingerprint density at radius 1 is 1.20 bits per heavy atom. The Kier molecular flexibility index (Phi) is 10.7. The van der Waals surface area contributed by atoms with Crippen LogP contribution in [0.15, 0.2) is 23.2 Å². The number of rotatable bonds is 6. The van der Waals surface area contributed by atoms with Crippen LogP contribution >= 0.6 is 47.2 Å². The second kappa shape index (κ2) is 10.8. The van der Waals surface area contributed by atoms with E-state index in [0.717, 1.165) is 5.56 Å². The molecule has 0 saturated carbocycles. The predicted octanol–water partition coefficient (Wildman–Crippen LogP) is 3.88. The maximum Gasteiger partial charge on any atom is 0.191 e. The van der Waals surface area contributed by atoms with E-state index in [4.69, 9.17) is 23.2 Å². The van der Waals surface area contributed by atoms with Gasteiger partial charge in [0.1, 0.15) is 0 Å². The average Bonchev–Trinajstić information content (AvgIpc) is 2.44. The van der Waals surface area contributed by atoms with Gasteiger partial charge in [-0.1, -0.05) is 29.3 Å². The van der Waals surface area contributed by atoms with Gasteiger partial charge in [-0.25, -0.2) is 13.4 Å². The van der Waals surface area contributed by atoms with Gasteiger partial charge >= 0.3 is 0 Å². The Morgan fingerprint density at radius 2 is 1.84 bits per heavy atom. The summed E-state index contributed by atoms with van der Waals surface area (Å²) in [4.78, 5) is 4.43. The molecule has 0 atom stereocenters. The van der Waals surface area contributed by atoms with E-state index in [1.807, 2.05) is 13.0 Å². The number of benzene rings is 1. The van der Waals surface area contributed by atoms with Gasteiger partial charge in [-0.2, -0.15) is 0 Å². The first-order valence-corrected chi connectivity index (χ1v) is 10.2. The summed E-state index contributed by atoms with van der Waals surface area (Å²) in [7, 11) is -3.17. The maximum absolute atomic E-state index is 12.1. The van der Waals surface area contributed by atoms with Gasteiger partial charge in [-0.3, -0.25) is 0 Å². The van der Waals surface area contributed by atoms with Gasteiger partial charge in [0.05, 0.1) is 17.0 Å². The highest BCUT2D eigenvalue weighted by atomic mass is 127. The minimum Gasteiger partial charge on any atom is -0.357 e. The molecule has 5 nitrogen and oxygen atoms in total. The van der Waals surface area contributed by atoms with Crippen molar-refractivity contribution in [2.75, 3.05) is 18.8 Å². The molecule has 9 heteroatoms. The summed E-state index contributed by atoms with van der Waals surface area (Å²) in [5.41, 5.74) is 0.848. The van der Waals surface area contributed by atoms with E-state index >= 15 is 0 Å². The molecule has 144 valence electrons. The fraction of sp³-hybridized carbons (Fsp3) is 0.562. The fourth-order valence-electron chi connectivity index (χ4n) is 1.77. The van der Waals surface area contributed by atoms with Crippen molar-refractivity contribution in [1.29, 1.82) is 0 Å². The number of aliphatic imine (C=N–C) groups is 1. The maximum atomic E-state index is 12.1. The standard InChI is InChI=1S/C16H25Cl2N3O2S.HI/c1-5-19-15(20-8-9-24(22,23)16(2,3)4)21-11-12-6-7-13(17)10-14(12)18;/h6-7,10H,5,8-9,11H2,1-4H3,(H2,19,20,21);1H. The lowest BCUT2D eigenvalue weighted by Crippen LogP contribution is -2.41. The summed E-state index contributed by atoms with van der Waals surface area (Å²) >= 11 is 12.0. The van der Waals surface area contributed by atoms with E-state index in [2.05, 4.69) is 15.6 Å². The van der Waals surface area contributed by atoms with Crippen molar-refractivity contribution in [3.8, 4) is 0 Å². The van der Waals surface area contributed by atoms with Crippen LogP contribution in [0.2, 0.25) is 10.0 Å². The third-order valence-electron chi connectivity index (χ3n) is 3.36. The third kappa shape index (κ3) is 8.32. The third-order valence-corrected chi connectivity index (χ3v) is 6.56. The fourth-order valence-corrected chi connectivity index (χ4v) is 3.22. The lowest BCUT2D eigenvalue weighted by Gasteiger charge is -2.19. The first kappa shape index (κ1) is 24.8. The molecule has 0 amide bonds. The number of hydrogen-bond donors (Lipinski definition) is 2. The van der Waals surface area contributed by atoms with Crippen LogP contribution in [0.3, 0.4) is 0 Å². The number of hydrogen-bond acceptors (Lipinski definition) is 3. The van der Waals surface area contributed by atoms with Gasteiger partial charge < -0.3 is 10.6 Å². The van der Waals surface area contributed by atoms with Crippen molar-refractivity contribution >= 4 is 63.0 Å². The van der Waals surface area contributed by atoms with E-state index in [-0.39, 0.29) is 29.7 Å². The van der Waals surface area contributed by atoms with Crippen LogP contribution in [0.1, 0.15) is 33.3 Å². The van der Waals surface area contributed by atoms with Gasteiger partial charge in [-0.15, -0.1) is 24.0 Å². The average molecular weight is 522 g/mol. The Labute approximate surface area is 177 Å². The zero-order valence-electron chi connectivity index (χ0n) is 14.9. The molecule has 0 saturated heterocycles. The van der Waals surface area contributed by atoms with Crippen molar-refractivity contribution in [3.05, 3.63) is 33.8 Å². The molecule has 0 spiro atoms. The van der Waals surface area contributed by atoms with Gasteiger partial charge in [0.15, 0.2) is 15.8 Å². The van der Waals surface area contributed by atoms with Crippen molar-refractivity contribution in [2.24, 2.45) is 4.99 Å². The topological polar surface area (TPSA) is 70.6 Å². The lowest BCUT2D eigenvalue weighted by atomic mass is 10.2. The molecular weight excluding hydrogens is 496 g/mol. The highest BCUT2D eigenvalue weighted by Crippen LogP contribution is 2.21. The van der Waals surface area contributed by atoms with Gasteiger partial charge in [0, 0.05) is 23.1 Å². The Balaban J connectivity index is 0.00000576. The molecule has 0 aliphatic rings. The van der Waals surface area contributed by atoms with Crippen LogP contribution in [-0.2, 0) is 16.4 Å². The van der Waals surface area contributed by atoms with Crippen LogP contribution < -0.4 is 10.6 Å². The summed E-state index contributed by atoms with van der Waals surface area (Å²) in [5, 5.41) is 7.25. The van der Waals surface area contributed by atoms with Crippen LogP contribution in [0.4, 0.5) is 0 Å². The van der Waals surface area contributed by atoms with Crippen LogP contribution in [0, 0.1) is 0 Å². The van der Waals surface area contributed by atoms with E-state index in [9.17, 15) is 8.42 Å². The van der Waals surface area contributed by atoms with Crippen LogP contribution in [0.5, 0.6) is 0 Å². The van der Waals surface area contributed by atoms with Crippen molar-refractivity contribution < 1.29 is 8.42 Å². The van der Waals surface area contributed by atoms with E-state index < -0.39 is 14.6 Å². The number of nitrogens with one attached hydrogen (secondary N) is 2. The molecule has 25 heavy (non-hydrogen) atoms. The summed E-state index contributed by atoms with van der Waals surface area (Å²) in [6.45, 7) is 8.38. The zero-order valence-corrected chi connectivity index (χ0v) is 19.6. The minimum absolute atomic E-state index is 0. The molecule has 1 aromatic rings. The second-order valence-corrected chi connectivity index (χ2v) is 10.00. The van der Waals surface area contributed by atoms with Crippen molar-refractivity contribution in [3.63, 3.8) is 0 Å². The smallest absolute Gasteiger partial charge is 0.191 e. The molecule has 0 unspecified atom stereocenters. The monoisotopic (exact) mass is 521 g/mol. The van der Waals surface area contributed by atoms with Gasteiger partial charge in [0.25, 0.3) is 0 Å². The molecule has 0 heterocycles. The number of nitrogens with zero attached hydrogens (tertiary/aromatic N) is 1. The highest BCUT2D eigenvalue weighted by Gasteiger charge is 2.28. The van der Waals surface area contributed by atoms with Crippen molar-refractivity contribution in [2.45, 2.75) is 39.0 Å². The largest absolute Gasteiger partial charge is 0.357 e. The first-order valence-electron chi connectivity index (χ1n) is 7.75. The summed E-state index contributed by atoms with van der Waals surface area (Å²) in [5.74, 6) is 0.593. The number of guanidine groups is 1. The Morgan fingerprint density at radius 3 is 2.36 bits per heavy atom. The zero-order chi connectivity index (χ0) is 18.4. The van der Waals surface area contributed by atoms with E-state index in [1.165, 1.54) is 0 Å². The lowest BCUT2D eigenvalue weighted by molar-refractivity contribution is 0.559. The molecule has 0 radical (unpaired) electrons. The number of halogens is 3. The molecule has 1 aromatic carbocycles. The quantitative estimate of drug-likeness (QED) is 0.338.